The summed E-state index contributed by atoms with van der Waals surface area (Å²) >= 11 is 0. The number of nitrogens with zero attached hydrogens (tertiary/aromatic N) is 1. The molecule has 0 saturated heterocycles. The number of aromatic hydroxyl groups is 1. The van der Waals surface area contributed by atoms with Gasteiger partial charge in [-0.1, -0.05) is 0 Å². The second-order valence-corrected chi connectivity index (χ2v) is 5.07. The quantitative estimate of drug-likeness (QED) is 0.580. The summed E-state index contributed by atoms with van der Waals surface area (Å²) in [4.78, 5) is 12.2. The van der Waals surface area contributed by atoms with Gasteiger partial charge in [0.1, 0.15) is 11.5 Å². The van der Waals surface area contributed by atoms with Crippen LogP contribution in [-0.2, 0) is 0 Å². The zero-order chi connectivity index (χ0) is 19.1. The predicted octanol–water partition coefficient (Wildman–Crippen LogP) is 2.19. The number of rotatable bonds is 7. The average Bonchev–Trinajstić information content (AvgIpc) is 2.68. The maximum Gasteiger partial charge on any atom is 0.271 e. The number of ether oxygens (including phenoxy) is 4. The van der Waals surface area contributed by atoms with Gasteiger partial charge in [-0.25, -0.2) is 5.43 Å². The number of amides is 1. The normalized spacial score (nSPS) is 10.5. The highest BCUT2D eigenvalue weighted by atomic mass is 16.5. The maximum absolute atomic E-state index is 12.2. The van der Waals surface area contributed by atoms with Crippen molar-refractivity contribution in [3.63, 3.8) is 0 Å². The number of phenolic OH excluding ortho intramolecular Hbond substituents is 1. The molecule has 0 aromatic heterocycles. The third-order valence-electron chi connectivity index (χ3n) is 3.50. The third-order valence-corrected chi connectivity index (χ3v) is 3.50. The van der Waals surface area contributed by atoms with Gasteiger partial charge in [-0.3, -0.25) is 4.79 Å². The molecule has 0 bridgehead atoms. The maximum atomic E-state index is 12.2. The number of nitrogens with one attached hydrogen (secondary N) is 1. The van der Waals surface area contributed by atoms with E-state index < -0.39 is 5.91 Å². The number of hydrogen-bond acceptors (Lipinski definition) is 7. The van der Waals surface area contributed by atoms with Gasteiger partial charge in [0.25, 0.3) is 5.91 Å². The van der Waals surface area contributed by atoms with Crippen molar-refractivity contribution in [2.45, 2.75) is 0 Å². The number of hydrogen-bond donors (Lipinski definition) is 2. The zero-order valence-corrected chi connectivity index (χ0v) is 14.9. The van der Waals surface area contributed by atoms with Crippen LogP contribution in [0.2, 0.25) is 0 Å². The van der Waals surface area contributed by atoms with Crippen LogP contribution in [0.25, 0.3) is 0 Å². The number of benzene rings is 2. The molecule has 2 N–H and O–H groups in total. The van der Waals surface area contributed by atoms with Crippen LogP contribution in [0.4, 0.5) is 0 Å². The number of methoxy groups -OCH3 is 4. The largest absolute Gasteiger partial charge is 0.502 e. The first-order chi connectivity index (χ1) is 12.5. The molecule has 0 saturated carbocycles. The number of hydrazone groups is 1. The topological polar surface area (TPSA) is 98.6 Å². The van der Waals surface area contributed by atoms with Gasteiger partial charge in [0.15, 0.2) is 11.5 Å². The summed E-state index contributed by atoms with van der Waals surface area (Å²) in [6.45, 7) is 0. The van der Waals surface area contributed by atoms with Gasteiger partial charge in [0.05, 0.1) is 34.7 Å². The smallest absolute Gasteiger partial charge is 0.271 e. The first-order valence-electron chi connectivity index (χ1n) is 7.53. The fourth-order valence-electron chi connectivity index (χ4n) is 2.16. The molecule has 0 aliphatic rings. The van der Waals surface area contributed by atoms with Gasteiger partial charge in [0.2, 0.25) is 5.75 Å². The number of phenols is 1. The summed E-state index contributed by atoms with van der Waals surface area (Å²) in [6.07, 6.45) is 1.40. The summed E-state index contributed by atoms with van der Waals surface area (Å²) in [7, 11) is 5.85. The minimum Gasteiger partial charge on any atom is -0.502 e. The molecular weight excluding hydrogens is 340 g/mol. The molecule has 8 nitrogen and oxygen atoms in total. The molecule has 0 atom stereocenters. The Morgan fingerprint density at radius 3 is 1.92 bits per heavy atom. The van der Waals surface area contributed by atoms with Crippen molar-refractivity contribution in [1.82, 2.24) is 5.43 Å². The molecule has 2 aromatic rings. The van der Waals surface area contributed by atoms with E-state index in [1.54, 1.807) is 30.3 Å². The van der Waals surface area contributed by atoms with Gasteiger partial charge >= 0.3 is 0 Å². The highest BCUT2D eigenvalue weighted by Crippen LogP contribution is 2.36. The van der Waals surface area contributed by atoms with Crippen molar-refractivity contribution in [2.75, 3.05) is 28.4 Å². The Kier molecular flexibility index (Phi) is 6.26. The van der Waals surface area contributed by atoms with Crippen molar-refractivity contribution in [2.24, 2.45) is 5.10 Å². The van der Waals surface area contributed by atoms with E-state index in [9.17, 15) is 9.90 Å². The molecule has 26 heavy (non-hydrogen) atoms. The molecule has 2 rings (SSSR count). The minimum absolute atomic E-state index is 0.111. The Balaban J connectivity index is 2.17. The fraction of sp³-hybridized carbons (Fsp3) is 0.222. The van der Waals surface area contributed by atoms with Gasteiger partial charge in [0, 0.05) is 17.2 Å². The Morgan fingerprint density at radius 2 is 1.46 bits per heavy atom. The van der Waals surface area contributed by atoms with Gasteiger partial charge < -0.3 is 24.1 Å². The lowest BCUT2D eigenvalue weighted by Crippen LogP contribution is -2.17. The van der Waals surface area contributed by atoms with Crippen LogP contribution in [-0.4, -0.2) is 45.7 Å². The van der Waals surface area contributed by atoms with Gasteiger partial charge in [-0.2, -0.15) is 5.10 Å². The Hall–Kier alpha value is -3.42. The monoisotopic (exact) mass is 360 g/mol. The third kappa shape index (κ3) is 4.35. The molecule has 0 aliphatic heterocycles. The second-order valence-electron chi connectivity index (χ2n) is 5.07. The standard InChI is InChI=1S/C18H20N2O6/c1-23-13-7-12(8-14(9-13)24-2)18(22)20-19-10-11-5-15(25-3)17(21)16(6-11)26-4/h5-10,21H,1-4H3,(H,20,22)/b19-10+. The van der Waals surface area contributed by atoms with Crippen LogP contribution in [0, 0.1) is 0 Å². The molecule has 138 valence electrons. The van der Waals surface area contributed by atoms with Gasteiger partial charge in [-0.15, -0.1) is 0 Å². The van der Waals surface area contributed by atoms with Crippen LogP contribution in [0.3, 0.4) is 0 Å². The van der Waals surface area contributed by atoms with Crippen molar-refractivity contribution in [3.8, 4) is 28.7 Å². The molecule has 0 unspecified atom stereocenters. The van der Waals surface area contributed by atoms with E-state index in [4.69, 9.17) is 18.9 Å². The highest BCUT2D eigenvalue weighted by Gasteiger charge is 2.11. The molecule has 1 amide bonds. The lowest BCUT2D eigenvalue weighted by atomic mass is 10.2. The lowest BCUT2D eigenvalue weighted by molar-refractivity contribution is 0.0954. The number of carbonyl (C=O) groups excluding carboxylic acids is 1. The van der Waals surface area contributed by atoms with Crippen molar-refractivity contribution < 1.29 is 28.8 Å². The summed E-state index contributed by atoms with van der Waals surface area (Å²) in [5.74, 6) is 0.901. The Bertz CT molecular complexity index is 772. The van der Waals surface area contributed by atoms with Crippen molar-refractivity contribution in [1.29, 1.82) is 0 Å². The zero-order valence-electron chi connectivity index (χ0n) is 14.9. The van der Waals surface area contributed by atoms with Crippen LogP contribution in [0.15, 0.2) is 35.4 Å². The molecule has 0 heterocycles. The van der Waals surface area contributed by atoms with E-state index in [-0.39, 0.29) is 17.2 Å². The minimum atomic E-state index is -0.434. The summed E-state index contributed by atoms with van der Waals surface area (Å²) < 4.78 is 20.4. The van der Waals surface area contributed by atoms with Crippen LogP contribution in [0.1, 0.15) is 15.9 Å². The Morgan fingerprint density at radius 1 is 0.923 bits per heavy atom. The van der Waals surface area contributed by atoms with Crippen molar-refractivity contribution >= 4 is 12.1 Å². The van der Waals surface area contributed by atoms with E-state index in [1.807, 2.05) is 0 Å². The van der Waals surface area contributed by atoms with Crippen LogP contribution < -0.4 is 24.4 Å². The van der Waals surface area contributed by atoms with Crippen LogP contribution in [0.5, 0.6) is 28.7 Å². The first-order valence-corrected chi connectivity index (χ1v) is 7.53. The van der Waals surface area contributed by atoms with Crippen molar-refractivity contribution in [3.05, 3.63) is 41.5 Å². The summed E-state index contributed by atoms with van der Waals surface area (Å²) in [6, 6.07) is 7.92. The predicted molar refractivity (Wildman–Crippen MR) is 95.8 cm³/mol. The molecule has 0 fully saturated rings. The average molecular weight is 360 g/mol. The molecule has 0 aliphatic carbocycles. The van der Waals surface area contributed by atoms with E-state index in [0.717, 1.165) is 0 Å². The number of carbonyl (C=O) groups is 1. The summed E-state index contributed by atoms with van der Waals surface area (Å²) in [5, 5.41) is 13.8. The van der Waals surface area contributed by atoms with E-state index in [1.165, 1.54) is 34.7 Å². The Labute approximate surface area is 151 Å². The van der Waals surface area contributed by atoms with E-state index in [2.05, 4.69) is 10.5 Å². The van der Waals surface area contributed by atoms with Crippen LogP contribution >= 0.6 is 0 Å². The fourth-order valence-corrected chi connectivity index (χ4v) is 2.16. The second kappa shape index (κ2) is 8.61. The molecule has 0 radical (unpaired) electrons. The summed E-state index contributed by atoms with van der Waals surface area (Å²) in [5.41, 5.74) is 3.32. The SMILES string of the molecule is COc1cc(OC)cc(C(=O)N/N=C/c2cc(OC)c(O)c(OC)c2)c1. The van der Waals surface area contributed by atoms with E-state index >= 15 is 0 Å². The molecule has 2 aromatic carbocycles. The molecule has 0 spiro atoms. The lowest BCUT2D eigenvalue weighted by Gasteiger charge is -2.09. The van der Waals surface area contributed by atoms with Gasteiger partial charge in [-0.05, 0) is 24.3 Å². The molecular formula is C18H20N2O6. The molecule has 8 heteroatoms. The highest BCUT2D eigenvalue weighted by molar-refractivity contribution is 5.95. The first kappa shape index (κ1) is 18.9. The van der Waals surface area contributed by atoms with E-state index in [0.29, 0.717) is 22.6 Å².